The molecular weight excluding hydrogens is 346 g/mol. The maximum atomic E-state index is 13.0. The number of benzene rings is 1. The molecule has 4 rings (SSSR count). The van der Waals surface area contributed by atoms with Crippen molar-refractivity contribution in [3.05, 3.63) is 41.1 Å². The van der Waals surface area contributed by atoms with Gasteiger partial charge in [-0.15, -0.1) is 0 Å². The standard InChI is InChI=1S/C16H14BrN3O2/c17-11-1-2-14-13(9-11)12-3-4-18-10-15(12)20(14)16(21)19-5-7-22-8-6-19/h1-4,9-10H,5-8H2. The minimum absolute atomic E-state index is 0.0152. The summed E-state index contributed by atoms with van der Waals surface area (Å²) in [5, 5.41) is 2.08. The molecule has 1 aliphatic rings. The van der Waals surface area contributed by atoms with Crippen LogP contribution in [0, 0.1) is 0 Å². The van der Waals surface area contributed by atoms with Gasteiger partial charge >= 0.3 is 6.03 Å². The Morgan fingerprint density at radius 2 is 1.95 bits per heavy atom. The monoisotopic (exact) mass is 359 g/mol. The van der Waals surface area contributed by atoms with Gasteiger partial charge in [0.05, 0.1) is 30.4 Å². The molecule has 0 saturated carbocycles. The Morgan fingerprint density at radius 3 is 2.77 bits per heavy atom. The van der Waals surface area contributed by atoms with Crippen LogP contribution in [-0.2, 0) is 4.74 Å². The van der Waals surface area contributed by atoms with E-state index in [-0.39, 0.29) is 6.03 Å². The predicted octanol–water partition coefficient (Wildman–Crippen LogP) is 3.25. The summed E-state index contributed by atoms with van der Waals surface area (Å²) in [5.74, 6) is 0. The third-order valence-corrected chi connectivity index (χ3v) is 4.50. The second-order valence-electron chi connectivity index (χ2n) is 5.27. The number of amides is 1. The van der Waals surface area contributed by atoms with Crippen molar-refractivity contribution in [3.63, 3.8) is 0 Å². The van der Waals surface area contributed by atoms with E-state index in [0.29, 0.717) is 26.3 Å². The molecule has 0 N–H and O–H groups in total. The van der Waals surface area contributed by atoms with Crippen LogP contribution in [0.1, 0.15) is 0 Å². The molecule has 0 aliphatic carbocycles. The number of morpholine rings is 1. The highest BCUT2D eigenvalue weighted by atomic mass is 79.9. The first kappa shape index (κ1) is 13.7. The molecule has 1 saturated heterocycles. The molecule has 5 nitrogen and oxygen atoms in total. The van der Waals surface area contributed by atoms with Crippen molar-refractivity contribution in [2.24, 2.45) is 0 Å². The Labute approximate surface area is 135 Å². The lowest BCUT2D eigenvalue weighted by atomic mass is 10.2. The van der Waals surface area contributed by atoms with Crippen LogP contribution < -0.4 is 0 Å². The number of carbonyl (C=O) groups is 1. The normalized spacial score (nSPS) is 15.6. The fourth-order valence-corrected chi connectivity index (χ4v) is 3.30. The Kier molecular flexibility index (Phi) is 3.35. The zero-order valence-corrected chi connectivity index (χ0v) is 13.4. The maximum Gasteiger partial charge on any atom is 0.329 e. The molecule has 0 unspecified atom stereocenters. The summed E-state index contributed by atoms with van der Waals surface area (Å²) in [7, 11) is 0. The lowest BCUT2D eigenvalue weighted by Gasteiger charge is -2.27. The van der Waals surface area contributed by atoms with Gasteiger partial charge in [-0.3, -0.25) is 9.55 Å². The summed E-state index contributed by atoms with van der Waals surface area (Å²) >= 11 is 3.50. The molecule has 1 aromatic carbocycles. The summed E-state index contributed by atoms with van der Waals surface area (Å²) in [6.07, 6.45) is 3.51. The van der Waals surface area contributed by atoms with E-state index in [1.165, 1.54) is 0 Å². The van der Waals surface area contributed by atoms with Crippen LogP contribution in [-0.4, -0.2) is 46.8 Å². The summed E-state index contributed by atoms with van der Waals surface area (Å²) in [6, 6.07) is 7.90. The predicted molar refractivity (Wildman–Crippen MR) is 88.1 cm³/mol. The number of halogens is 1. The van der Waals surface area contributed by atoms with E-state index in [1.54, 1.807) is 17.0 Å². The number of aromatic nitrogens is 2. The molecule has 1 fully saturated rings. The van der Waals surface area contributed by atoms with Crippen molar-refractivity contribution in [3.8, 4) is 0 Å². The van der Waals surface area contributed by atoms with Gasteiger partial charge in [-0.1, -0.05) is 15.9 Å². The Bertz CT molecular complexity index is 868. The van der Waals surface area contributed by atoms with Crippen LogP contribution >= 0.6 is 15.9 Å². The first-order chi connectivity index (χ1) is 10.8. The Morgan fingerprint density at radius 1 is 1.14 bits per heavy atom. The molecule has 112 valence electrons. The van der Waals surface area contributed by atoms with Gasteiger partial charge in [0.25, 0.3) is 0 Å². The number of ether oxygens (including phenoxy) is 1. The molecule has 1 aliphatic heterocycles. The highest BCUT2D eigenvalue weighted by molar-refractivity contribution is 9.10. The largest absolute Gasteiger partial charge is 0.378 e. The first-order valence-corrected chi connectivity index (χ1v) is 7.96. The molecule has 0 atom stereocenters. The molecule has 2 aromatic heterocycles. The maximum absolute atomic E-state index is 13.0. The molecular formula is C16H14BrN3O2. The number of nitrogens with zero attached hydrogens (tertiary/aromatic N) is 3. The summed E-state index contributed by atoms with van der Waals surface area (Å²) in [5.41, 5.74) is 1.75. The van der Waals surface area contributed by atoms with Gasteiger partial charge in [0, 0.05) is 34.5 Å². The van der Waals surface area contributed by atoms with E-state index in [4.69, 9.17) is 4.74 Å². The first-order valence-electron chi connectivity index (χ1n) is 7.16. The van der Waals surface area contributed by atoms with Gasteiger partial charge < -0.3 is 9.64 Å². The smallest absolute Gasteiger partial charge is 0.329 e. The van der Waals surface area contributed by atoms with E-state index in [2.05, 4.69) is 20.9 Å². The highest BCUT2D eigenvalue weighted by Crippen LogP contribution is 2.31. The van der Waals surface area contributed by atoms with Crippen LogP contribution in [0.5, 0.6) is 0 Å². The van der Waals surface area contributed by atoms with Gasteiger partial charge in [0.1, 0.15) is 0 Å². The number of rotatable bonds is 0. The molecule has 3 heterocycles. The molecule has 6 heteroatoms. The number of hydrogen-bond acceptors (Lipinski definition) is 3. The van der Waals surface area contributed by atoms with Gasteiger partial charge in [-0.05, 0) is 24.3 Å². The minimum Gasteiger partial charge on any atom is -0.378 e. The van der Waals surface area contributed by atoms with Crippen LogP contribution in [0.15, 0.2) is 41.1 Å². The number of hydrogen-bond donors (Lipinski definition) is 0. The second-order valence-corrected chi connectivity index (χ2v) is 6.19. The van der Waals surface area contributed by atoms with E-state index in [0.717, 1.165) is 26.3 Å². The molecule has 22 heavy (non-hydrogen) atoms. The highest BCUT2D eigenvalue weighted by Gasteiger charge is 2.22. The van der Waals surface area contributed by atoms with E-state index >= 15 is 0 Å². The molecule has 1 amide bonds. The van der Waals surface area contributed by atoms with Crippen LogP contribution in [0.2, 0.25) is 0 Å². The van der Waals surface area contributed by atoms with E-state index < -0.39 is 0 Å². The van der Waals surface area contributed by atoms with Crippen molar-refractivity contribution in [1.29, 1.82) is 0 Å². The van der Waals surface area contributed by atoms with Gasteiger partial charge in [0.15, 0.2) is 0 Å². The van der Waals surface area contributed by atoms with Crippen molar-refractivity contribution in [2.75, 3.05) is 26.3 Å². The van der Waals surface area contributed by atoms with Crippen LogP contribution in [0.4, 0.5) is 4.79 Å². The topological polar surface area (TPSA) is 47.4 Å². The van der Waals surface area contributed by atoms with Gasteiger partial charge in [-0.2, -0.15) is 0 Å². The van der Waals surface area contributed by atoms with Crippen molar-refractivity contribution in [2.45, 2.75) is 0 Å². The fraction of sp³-hybridized carbons (Fsp3) is 0.250. The molecule has 0 spiro atoms. The average molecular weight is 360 g/mol. The quantitative estimate of drug-likeness (QED) is 0.618. The third kappa shape index (κ3) is 2.10. The number of pyridine rings is 1. The van der Waals surface area contributed by atoms with Crippen molar-refractivity contribution in [1.82, 2.24) is 14.5 Å². The zero-order valence-electron chi connectivity index (χ0n) is 11.8. The van der Waals surface area contributed by atoms with Crippen LogP contribution in [0.25, 0.3) is 21.8 Å². The summed E-state index contributed by atoms with van der Waals surface area (Å²) < 4.78 is 8.09. The number of carbonyl (C=O) groups excluding carboxylic acids is 1. The van der Waals surface area contributed by atoms with Crippen molar-refractivity contribution >= 4 is 43.8 Å². The number of fused-ring (bicyclic) bond motifs is 3. The third-order valence-electron chi connectivity index (χ3n) is 4.00. The van der Waals surface area contributed by atoms with Crippen LogP contribution in [0.3, 0.4) is 0 Å². The summed E-state index contributed by atoms with van der Waals surface area (Å²) in [4.78, 5) is 19.0. The minimum atomic E-state index is -0.0152. The lowest BCUT2D eigenvalue weighted by molar-refractivity contribution is 0.0540. The molecule has 0 radical (unpaired) electrons. The molecule has 0 bridgehead atoms. The van der Waals surface area contributed by atoms with Gasteiger partial charge in [-0.25, -0.2) is 4.79 Å². The fourth-order valence-electron chi connectivity index (χ4n) is 2.94. The van der Waals surface area contributed by atoms with Crippen molar-refractivity contribution < 1.29 is 9.53 Å². The van der Waals surface area contributed by atoms with E-state index in [9.17, 15) is 4.79 Å². The Balaban J connectivity index is 1.96. The molecule has 3 aromatic rings. The summed E-state index contributed by atoms with van der Waals surface area (Å²) in [6.45, 7) is 2.42. The zero-order chi connectivity index (χ0) is 15.1. The van der Waals surface area contributed by atoms with E-state index in [1.807, 2.05) is 29.2 Å². The average Bonchev–Trinajstić information content (AvgIpc) is 2.89. The second kappa shape index (κ2) is 5.37. The Hall–Kier alpha value is -1.92. The lowest BCUT2D eigenvalue weighted by Crippen LogP contribution is -2.42. The SMILES string of the molecule is O=C(N1CCOCC1)n1c2ccc(Br)cc2c2ccncc21. The van der Waals surface area contributed by atoms with Gasteiger partial charge in [0.2, 0.25) is 0 Å².